The van der Waals surface area contributed by atoms with Crippen LogP contribution in [0.25, 0.3) is 6.08 Å². The first-order chi connectivity index (χ1) is 13.5. The quantitative estimate of drug-likeness (QED) is 0.247. The Morgan fingerprint density at radius 2 is 1.86 bits per heavy atom. The number of hydrogen-bond donors (Lipinski definition) is 1. The van der Waals surface area contributed by atoms with Crippen molar-refractivity contribution in [2.45, 2.75) is 0 Å². The zero-order valence-corrected chi connectivity index (χ0v) is 15.1. The number of nitrogens with zero attached hydrogens (tertiary/aromatic N) is 1. The number of ether oxygens (including phenoxy) is 2. The van der Waals surface area contributed by atoms with Crippen molar-refractivity contribution in [2.24, 2.45) is 0 Å². The van der Waals surface area contributed by atoms with Gasteiger partial charge < -0.3 is 14.8 Å². The standard InChI is InChI=1S/C20H18N2O6/c1-3-12-28-20(24)17(13-14-8-10-15(11-9-14)22(25)26)21-19(23)16-6-4-5-7-18(16)27-2/h3-11,13H,1,12H2,2H3,(H,21,23)/b17-13+. The SMILES string of the molecule is C=CCOC(=O)/C(=C\c1ccc([N+](=O)[O-])cc1)NC(=O)c1ccccc1OC. The number of methoxy groups -OCH3 is 1. The summed E-state index contributed by atoms with van der Waals surface area (Å²) in [5.74, 6) is -1.00. The molecule has 1 N–H and O–H groups in total. The van der Waals surface area contributed by atoms with Crippen LogP contribution in [0.15, 0.2) is 66.9 Å². The summed E-state index contributed by atoms with van der Waals surface area (Å²) in [4.78, 5) is 35.1. The lowest BCUT2D eigenvalue weighted by Gasteiger charge is -2.11. The van der Waals surface area contributed by atoms with Crippen molar-refractivity contribution in [2.75, 3.05) is 13.7 Å². The van der Waals surface area contributed by atoms with Crippen LogP contribution < -0.4 is 10.1 Å². The van der Waals surface area contributed by atoms with Crippen LogP contribution in [0.1, 0.15) is 15.9 Å². The smallest absolute Gasteiger partial charge is 0.355 e. The predicted octanol–water partition coefficient (Wildman–Crippen LogP) is 3.10. The molecule has 0 saturated carbocycles. The average Bonchev–Trinajstić information content (AvgIpc) is 2.71. The van der Waals surface area contributed by atoms with Crippen LogP contribution in [-0.4, -0.2) is 30.5 Å². The van der Waals surface area contributed by atoms with Gasteiger partial charge in [0.05, 0.1) is 17.6 Å². The highest BCUT2D eigenvalue weighted by Gasteiger charge is 2.18. The summed E-state index contributed by atoms with van der Waals surface area (Å²) in [6, 6.07) is 12.0. The Balaban J connectivity index is 2.33. The Hall–Kier alpha value is -3.94. The number of carbonyl (C=O) groups is 2. The highest BCUT2D eigenvalue weighted by Crippen LogP contribution is 2.18. The third kappa shape index (κ3) is 5.28. The molecule has 0 unspecified atom stereocenters. The van der Waals surface area contributed by atoms with E-state index in [0.717, 1.165) is 0 Å². The molecule has 0 aliphatic heterocycles. The number of hydrogen-bond acceptors (Lipinski definition) is 6. The molecule has 0 fully saturated rings. The van der Waals surface area contributed by atoms with Crippen molar-refractivity contribution < 1.29 is 24.0 Å². The van der Waals surface area contributed by atoms with E-state index in [0.29, 0.717) is 11.3 Å². The Labute approximate surface area is 161 Å². The van der Waals surface area contributed by atoms with Crippen LogP contribution in [0, 0.1) is 10.1 Å². The topological polar surface area (TPSA) is 108 Å². The maximum Gasteiger partial charge on any atom is 0.355 e. The summed E-state index contributed by atoms with van der Waals surface area (Å²) in [5, 5.41) is 13.3. The lowest BCUT2D eigenvalue weighted by Crippen LogP contribution is -2.29. The zero-order valence-electron chi connectivity index (χ0n) is 15.1. The number of nitro benzene ring substituents is 1. The third-order valence-electron chi connectivity index (χ3n) is 3.57. The molecule has 0 atom stereocenters. The lowest BCUT2D eigenvalue weighted by atomic mass is 10.1. The van der Waals surface area contributed by atoms with Crippen molar-refractivity contribution >= 4 is 23.6 Å². The molecular weight excluding hydrogens is 364 g/mol. The zero-order chi connectivity index (χ0) is 20.5. The van der Waals surface area contributed by atoms with Gasteiger partial charge >= 0.3 is 5.97 Å². The van der Waals surface area contributed by atoms with Crippen molar-refractivity contribution in [1.29, 1.82) is 0 Å². The molecule has 8 heteroatoms. The summed E-state index contributed by atoms with van der Waals surface area (Å²) in [7, 11) is 1.43. The van der Waals surface area contributed by atoms with Crippen LogP contribution in [-0.2, 0) is 9.53 Å². The number of rotatable bonds is 8. The second kappa shape index (κ2) is 9.67. The van der Waals surface area contributed by atoms with E-state index in [-0.39, 0.29) is 23.6 Å². The average molecular weight is 382 g/mol. The number of nitrogens with one attached hydrogen (secondary N) is 1. The minimum atomic E-state index is -0.776. The van der Waals surface area contributed by atoms with Crippen LogP contribution in [0.5, 0.6) is 5.75 Å². The van der Waals surface area contributed by atoms with E-state index in [1.807, 2.05) is 0 Å². The summed E-state index contributed by atoms with van der Waals surface area (Å²) in [5.41, 5.74) is 0.477. The van der Waals surface area contributed by atoms with Gasteiger partial charge in [0, 0.05) is 12.1 Å². The molecule has 1 amide bonds. The summed E-state index contributed by atoms with van der Waals surface area (Å²) < 4.78 is 10.2. The van der Waals surface area contributed by atoms with Crippen LogP contribution >= 0.6 is 0 Å². The van der Waals surface area contributed by atoms with Gasteiger partial charge in [-0.3, -0.25) is 14.9 Å². The fourth-order valence-corrected chi connectivity index (χ4v) is 2.24. The molecule has 0 heterocycles. The molecule has 2 aromatic rings. The number of carbonyl (C=O) groups excluding carboxylic acids is 2. The first-order valence-electron chi connectivity index (χ1n) is 8.14. The second-order valence-corrected chi connectivity index (χ2v) is 5.45. The van der Waals surface area contributed by atoms with Gasteiger partial charge in [0.25, 0.3) is 11.6 Å². The molecule has 0 aliphatic carbocycles. The summed E-state index contributed by atoms with van der Waals surface area (Å²) in [6.45, 7) is 3.43. The van der Waals surface area contributed by atoms with Crippen molar-refractivity contribution in [1.82, 2.24) is 5.32 Å². The second-order valence-electron chi connectivity index (χ2n) is 5.45. The Morgan fingerprint density at radius 3 is 2.46 bits per heavy atom. The first-order valence-corrected chi connectivity index (χ1v) is 8.14. The van der Waals surface area contributed by atoms with Crippen molar-refractivity contribution in [3.05, 3.63) is 88.1 Å². The van der Waals surface area contributed by atoms with E-state index >= 15 is 0 Å². The molecule has 2 rings (SSSR count). The van der Waals surface area contributed by atoms with E-state index in [9.17, 15) is 19.7 Å². The number of benzene rings is 2. The van der Waals surface area contributed by atoms with E-state index in [4.69, 9.17) is 9.47 Å². The number of esters is 1. The van der Waals surface area contributed by atoms with Crippen molar-refractivity contribution in [3.63, 3.8) is 0 Å². The van der Waals surface area contributed by atoms with Gasteiger partial charge in [0.2, 0.25) is 0 Å². The minimum absolute atomic E-state index is 0.0407. The van der Waals surface area contributed by atoms with Gasteiger partial charge in [-0.2, -0.15) is 0 Å². The molecule has 28 heavy (non-hydrogen) atoms. The molecule has 144 valence electrons. The van der Waals surface area contributed by atoms with E-state index in [2.05, 4.69) is 11.9 Å². The van der Waals surface area contributed by atoms with Gasteiger partial charge in [0.1, 0.15) is 18.1 Å². The predicted molar refractivity (Wildman–Crippen MR) is 103 cm³/mol. The molecule has 0 aliphatic rings. The number of non-ortho nitro benzene ring substituents is 1. The molecule has 0 bridgehead atoms. The number of nitro groups is 1. The lowest BCUT2D eigenvalue weighted by molar-refractivity contribution is -0.384. The van der Waals surface area contributed by atoms with Crippen LogP contribution in [0.4, 0.5) is 5.69 Å². The Morgan fingerprint density at radius 1 is 1.18 bits per heavy atom. The molecule has 0 saturated heterocycles. The van der Waals surface area contributed by atoms with Gasteiger partial charge in [0.15, 0.2) is 0 Å². The normalized spacial score (nSPS) is 10.7. The fourth-order valence-electron chi connectivity index (χ4n) is 2.24. The molecule has 2 aromatic carbocycles. The molecule has 0 spiro atoms. The molecule has 8 nitrogen and oxygen atoms in total. The third-order valence-corrected chi connectivity index (χ3v) is 3.57. The van der Waals surface area contributed by atoms with Crippen molar-refractivity contribution in [3.8, 4) is 5.75 Å². The highest BCUT2D eigenvalue weighted by molar-refractivity contribution is 6.04. The summed E-state index contributed by atoms with van der Waals surface area (Å²) in [6.07, 6.45) is 2.76. The maximum absolute atomic E-state index is 12.6. The Bertz CT molecular complexity index is 919. The molecule has 0 aromatic heterocycles. The largest absolute Gasteiger partial charge is 0.496 e. The van der Waals surface area contributed by atoms with Gasteiger partial charge in [-0.25, -0.2) is 4.79 Å². The molecular formula is C20H18N2O6. The van der Waals surface area contributed by atoms with E-state index in [1.54, 1.807) is 24.3 Å². The van der Waals surface area contributed by atoms with E-state index in [1.165, 1.54) is 43.5 Å². The monoisotopic (exact) mass is 382 g/mol. The Kier molecular flexibility index (Phi) is 7.04. The van der Waals surface area contributed by atoms with Gasteiger partial charge in [-0.1, -0.05) is 24.8 Å². The van der Waals surface area contributed by atoms with E-state index < -0.39 is 16.8 Å². The first kappa shape index (κ1) is 20.4. The van der Waals surface area contributed by atoms with Gasteiger partial charge in [-0.15, -0.1) is 0 Å². The highest BCUT2D eigenvalue weighted by atomic mass is 16.6. The van der Waals surface area contributed by atoms with Crippen LogP contribution in [0.3, 0.4) is 0 Å². The van der Waals surface area contributed by atoms with Gasteiger partial charge in [-0.05, 0) is 35.9 Å². The number of para-hydroxylation sites is 1. The van der Waals surface area contributed by atoms with Crippen LogP contribution in [0.2, 0.25) is 0 Å². The fraction of sp³-hybridized carbons (Fsp3) is 0.100. The maximum atomic E-state index is 12.6. The summed E-state index contributed by atoms with van der Waals surface area (Å²) >= 11 is 0. The number of amides is 1. The minimum Gasteiger partial charge on any atom is -0.496 e. The molecule has 0 radical (unpaired) electrons.